The van der Waals surface area contributed by atoms with Crippen LogP contribution in [0, 0.1) is 11.3 Å². The highest BCUT2D eigenvalue weighted by Gasteiger charge is 2.34. The average molecular weight is 210 g/mol. The molecule has 0 spiro atoms. The molecule has 0 bridgehead atoms. The van der Waals surface area contributed by atoms with E-state index in [1.807, 2.05) is 6.07 Å². The fourth-order valence-electron chi connectivity index (χ4n) is 1.63. The van der Waals surface area contributed by atoms with E-state index in [2.05, 4.69) is 6.58 Å². The van der Waals surface area contributed by atoms with Gasteiger partial charge in [0, 0.05) is 0 Å². The predicted octanol–water partition coefficient (Wildman–Crippen LogP) is 0.658. The largest absolute Gasteiger partial charge is 0.445 e. The Labute approximate surface area is 88.6 Å². The summed E-state index contributed by atoms with van der Waals surface area (Å²) in [6.07, 6.45) is 1.09. The van der Waals surface area contributed by atoms with Crippen LogP contribution in [0.25, 0.3) is 0 Å². The van der Waals surface area contributed by atoms with Crippen LogP contribution in [-0.4, -0.2) is 41.4 Å². The minimum Gasteiger partial charge on any atom is -0.445 e. The smallest absolute Gasteiger partial charge is 0.410 e. The minimum absolute atomic E-state index is 0.144. The fraction of sp³-hybridized carbons (Fsp3) is 0.600. The monoisotopic (exact) mass is 210 g/mol. The van der Waals surface area contributed by atoms with Gasteiger partial charge in [0.2, 0.25) is 0 Å². The van der Waals surface area contributed by atoms with Gasteiger partial charge in [-0.15, -0.1) is 0 Å². The van der Waals surface area contributed by atoms with Crippen LogP contribution in [0.1, 0.15) is 12.8 Å². The number of hydrogen-bond donors (Lipinski definition) is 1. The van der Waals surface area contributed by atoms with Gasteiger partial charge < -0.3 is 14.7 Å². The molecule has 0 aliphatic carbocycles. The van der Waals surface area contributed by atoms with Crippen molar-refractivity contribution in [2.24, 2.45) is 0 Å². The topological polar surface area (TPSA) is 73.6 Å². The first-order valence-electron chi connectivity index (χ1n) is 4.78. The number of nitriles is 1. The van der Waals surface area contributed by atoms with Crippen molar-refractivity contribution in [2.45, 2.75) is 25.0 Å². The van der Waals surface area contributed by atoms with Crippen LogP contribution < -0.4 is 0 Å². The molecular formula is C10H14N2O3. The first kappa shape index (κ1) is 11.5. The van der Waals surface area contributed by atoms with E-state index in [0.717, 1.165) is 0 Å². The minimum atomic E-state index is -0.556. The maximum absolute atomic E-state index is 11.5. The van der Waals surface area contributed by atoms with Gasteiger partial charge in [0.05, 0.1) is 31.2 Å². The second-order valence-corrected chi connectivity index (χ2v) is 3.42. The van der Waals surface area contributed by atoms with E-state index in [0.29, 0.717) is 6.42 Å². The summed E-state index contributed by atoms with van der Waals surface area (Å²) in [6, 6.07) is 1.76. The number of amides is 1. The molecule has 5 heteroatoms. The van der Waals surface area contributed by atoms with E-state index >= 15 is 0 Å². The molecule has 1 amide bonds. The zero-order valence-electron chi connectivity index (χ0n) is 8.43. The Morgan fingerprint density at radius 2 is 2.53 bits per heavy atom. The number of β-amino-alcohol motifs (C(OH)–C–C–N with tert-alkyl or cyclic N) is 1. The molecule has 1 heterocycles. The van der Waals surface area contributed by atoms with Crippen molar-refractivity contribution in [1.29, 1.82) is 5.26 Å². The molecule has 1 N–H and O–H groups in total. The zero-order valence-corrected chi connectivity index (χ0v) is 8.43. The summed E-state index contributed by atoms with van der Waals surface area (Å²) < 4.78 is 4.85. The maximum atomic E-state index is 11.5. The second kappa shape index (κ2) is 5.37. The summed E-state index contributed by atoms with van der Waals surface area (Å²) in [6.45, 7) is 3.81. The van der Waals surface area contributed by atoms with Crippen molar-refractivity contribution in [1.82, 2.24) is 4.90 Å². The highest BCUT2D eigenvalue weighted by atomic mass is 16.6. The first-order chi connectivity index (χ1) is 7.19. The Morgan fingerprint density at radius 1 is 1.80 bits per heavy atom. The molecular weight excluding hydrogens is 196 g/mol. The van der Waals surface area contributed by atoms with Gasteiger partial charge in [-0.05, 0) is 6.42 Å². The van der Waals surface area contributed by atoms with Crippen LogP contribution in [0.5, 0.6) is 0 Å². The van der Waals surface area contributed by atoms with Gasteiger partial charge in [0.25, 0.3) is 0 Å². The quantitative estimate of drug-likeness (QED) is 0.694. The average Bonchev–Trinajstić information content (AvgIpc) is 2.57. The molecule has 0 saturated carbocycles. The lowest BCUT2D eigenvalue weighted by atomic mass is 10.1. The lowest BCUT2D eigenvalue weighted by molar-refractivity contribution is 0.103. The van der Waals surface area contributed by atoms with E-state index in [9.17, 15) is 9.90 Å². The molecule has 82 valence electrons. The Bertz CT molecular complexity index is 285. The molecule has 1 aliphatic rings. The number of aliphatic hydroxyl groups is 1. The highest BCUT2D eigenvalue weighted by Crippen LogP contribution is 2.21. The van der Waals surface area contributed by atoms with Crippen molar-refractivity contribution in [3.63, 3.8) is 0 Å². The molecule has 1 aliphatic heterocycles. The Hall–Kier alpha value is -1.54. The number of aliphatic hydroxyl groups excluding tert-OH is 1. The van der Waals surface area contributed by atoms with Crippen LogP contribution in [-0.2, 0) is 4.74 Å². The van der Waals surface area contributed by atoms with E-state index in [-0.39, 0.29) is 25.6 Å². The van der Waals surface area contributed by atoms with Gasteiger partial charge in [-0.3, -0.25) is 0 Å². The lowest BCUT2D eigenvalue weighted by Gasteiger charge is -2.21. The Morgan fingerprint density at radius 3 is 3.13 bits per heavy atom. The van der Waals surface area contributed by atoms with E-state index in [4.69, 9.17) is 10.00 Å². The summed E-state index contributed by atoms with van der Waals surface area (Å²) in [4.78, 5) is 12.9. The number of carbonyl (C=O) groups is 1. The third-order valence-corrected chi connectivity index (χ3v) is 2.28. The van der Waals surface area contributed by atoms with E-state index in [1.165, 1.54) is 11.0 Å². The van der Waals surface area contributed by atoms with E-state index < -0.39 is 12.2 Å². The van der Waals surface area contributed by atoms with Gasteiger partial charge in [0.1, 0.15) is 6.61 Å². The normalized spacial score (nSPS) is 24.7. The van der Waals surface area contributed by atoms with Gasteiger partial charge in [0.15, 0.2) is 0 Å². The van der Waals surface area contributed by atoms with Crippen LogP contribution >= 0.6 is 0 Å². The van der Waals surface area contributed by atoms with Crippen LogP contribution in [0.4, 0.5) is 4.79 Å². The third kappa shape index (κ3) is 2.96. The molecule has 1 saturated heterocycles. The number of carbonyl (C=O) groups excluding carboxylic acids is 1. The van der Waals surface area contributed by atoms with Gasteiger partial charge in [-0.25, -0.2) is 4.79 Å². The van der Waals surface area contributed by atoms with Gasteiger partial charge in [-0.1, -0.05) is 12.7 Å². The molecule has 1 rings (SSSR count). The molecule has 5 nitrogen and oxygen atoms in total. The second-order valence-electron chi connectivity index (χ2n) is 3.42. The van der Waals surface area contributed by atoms with Crippen molar-refractivity contribution in [3.05, 3.63) is 12.7 Å². The number of likely N-dealkylation sites (tertiary alicyclic amines) is 1. The maximum Gasteiger partial charge on any atom is 0.410 e. The summed E-state index contributed by atoms with van der Waals surface area (Å²) in [5.41, 5.74) is 0. The standard InChI is InChI=1S/C10H14N2O3/c1-2-5-15-10(14)12-7-9(13)6-8(12)3-4-11/h2,8-9,13H,1,3,5-7H2. The molecule has 15 heavy (non-hydrogen) atoms. The Balaban J connectivity index is 2.54. The third-order valence-electron chi connectivity index (χ3n) is 2.28. The molecule has 2 unspecified atom stereocenters. The lowest BCUT2D eigenvalue weighted by Crippen LogP contribution is -2.36. The molecule has 0 aromatic rings. The van der Waals surface area contributed by atoms with Crippen molar-refractivity contribution in [3.8, 4) is 6.07 Å². The first-order valence-corrected chi connectivity index (χ1v) is 4.78. The van der Waals surface area contributed by atoms with Crippen molar-refractivity contribution >= 4 is 6.09 Å². The summed E-state index contributed by atoms with van der Waals surface area (Å²) in [5.74, 6) is 0. The van der Waals surface area contributed by atoms with Crippen LogP contribution in [0.2, 0.25) is 0 Å². The number of nitrogens with zero attached hydrogens (tertiary/aromatic N) is 2. The van der Waals surface area contributed by atoms with Gasteiger partial charge in [-0.2, -0.15) is 5.26 Å². The van der Waals surface area contributed by atoms with Crippen LogP contribution in [0.3, 0.4) is 0 Å². The molecule has 1 fully saturated rings. The summed E-state index contributed by atoms with van der Waals surface area (Å²) >= 11 is 0. The van der Waals surface area contributed by atoms with Crippen molar-refractivity contribution < 1.29 is 14.6 Å². The summed E-state index contributed by atoms with van der Waals surface area (Å²) in [7, 11) is 0. The summed E-state index contributed by atoms with van der Waals surface area (Å²) in [5, 5.41) is 18.0. The number of ether oxygens (including phenoxy) is 1. The predicted molar refractivity (Wildman–Crippen MR) is 52.9 cm³/mol. The highest BCUT2D eigenvalue weighted by molar-refractivity contribution is 5.68. The van der Waals surface area contributed by atoms with Crippen LogP contribution in [0.15, 0.2) is 12.7 Å². The van der Waals surface area contributed by atoms with Crippen molar-refractivity contribution in [2.75, 3.05) is 13.2 Å². The number of hydrogen-bond acceptors (Lipinski definition) is 4. The number of rotatable bonds is 3. The molecule has 0 aromatic carbocycles. The SMILES string of the molecule is C=CCOC(=O)N1CC(O)CC1CC#N. The Kier molecular flexibility index (Phi) is 4.13. The molecule has 0 radical (unpaired) electrons. The molecule has 0 aromatic heterocycles. The van der Waals surface area contributed by atoms with E-state index in [1.54, 1.807) is 0 Å². The van der Waals surface area contributed by atoms with Gasteiger partial charge >= 0.3 is 6.09 Å². The zero-order chi connectivity index (χ0) is 11.3. The fourth-order valence-corrected chi connectivity index (χ4v) is 1.63. The molecule has 2 atom stereocenters.